The molecule has 26 heavy (non-hydrogen) atoms. The molecular formula is C19H25NO5S. The van der Waals surface area contributed by atoms with Crippen LogP contribution in [0.4, 0.5) is 0 Å². The molecule has 2 aromatic rings. The molecule has 2 rings (SSSR count). The van der Waals surface area contributed by atoms with Crippen molar-refractivity contribution in [3.63, 3.8) is 0 Å². The second-order valence-electron chi connectivity index (χ2n) is 7.03. The van der Waals surface area contributed by atoms with Crippen molar-refractivity contribution in [1.29, 1.82) is 0 Å². The van der Waals surface area contributed by atoms with Gasteiger partial charge >= 0.3 is 5.97 Å². The van der Waals surface area contributed by atoms with Crippen molar-refractivity contribution in [2.24, 2.45) is 0 Å². The first-order valence-corrected chi connectivity index (χ1v) is 9.19. The highest BCUT2D eigenvalue weighted by Gasteiger charge is 2.24. The number of nitrogens with one attached hydrogen (secondary N) is 1. The lowest BCUT2D eigenvalue weighted by Crippen LogP contribution is -2.42. The van der Waals surface area contributed by atoms with Gasteiger partial charge in [-0.3, -0.25) is 4.79 Å². The molecule has 1 aromatic heterocycles. The summed E-state index contributed by atoms with van der Waals surface area (Å²) in [6.07, 6.45) is 0.204. The van der Waals surface area contributed by atoms with Crippen LogP contribution in [0.2, 0.25) is 0 Å². The number of carboxylic acids is 1. The maximum atomic E-state index is 12.6. The van der Waals surface area contributed by atoms with Crippen LogP contribution in [-0.2, 0) is 9.53 Å². The summed E-state index contributed by atoms with van der Waals surface area (Å²) >= 11 is 1.34. The first-order chi connectivity index (χ1) is 12.1. The van der Waals surface area contributed by atoms with E-state index in [9.17, 15) is 14.7 Å². The molecule has 7 heteroatoms. The van der Waals surface area contributed by atoms with Gasteiger partial charge in [0.25, 0.3) is 5.91 Å². The highest BCUT2D eigenvalue weighted by molar-refractivity contribution is 7.21. The van der Waals surface area contributed by atoms with E-state index >= 15 is 0 Å². The number of methoxy groups -OCH3 is 1. The lowest BCUT2D eigenvalue weighted by Gasteiger charge is -2.21. The van der Waals surface area contributed by atoms with Crippen LogP contribution < -0.4 is 10.1 Å². The fourth-order valence-corrected chi connectivity index (χ4v) is 3.60. The number of thiophene rings is 1. The van der Waals surface area contributed by atoms with E-state index in [4.69, 9.17) is 9.47 Å². The van der Waals surface area contributed by atoms with Crippen LogP contribution in [0, 0.1) is 6.92 Å². The molecule has 0 aliphatic rings. The number of hydrogen-bond acceptors (Lipinski definition) is 5. The second-order valence-corrected chi connectivity index (χ2v) is 8.08. The molecule has 0 fully saturated rings. The molecule has 1 heterocycles. The molecule has 1 unspecified atom stereocenters. The van der Waals surface area contributed by atoms with Gasteiger partial charge in [0.15, 0.2) is 0 Å². The molecule has 0 spiro atoms. The Hall–Kier alpha value is -2.12. The van der Waals surface area contributed by atoms with Crippen molar-refractivity contribution in [3.8, 4) is 5.75 Å². The maximum absolute atomic E-state index is 12.6. The Bertz CT molecular complexity index is 806. The van der Waals surface area contributed by atoms with E-state index in [1.807, 2.05) is 45.9 Å². The Kier molecular flexibility index (Phi) is 6.26. The molecule has 0 saturated carbocycles. The Labute approximate surface area is 157 Å². The van der Waals surface area contributed by atoms with E-state index in [1.54, 1.807) is 7.11 Å². The predicted molar refractivity (Wildman–Crippen MR) is 102 cm³/mol. The Balaban J connectivity index is 2.15. The van der Waals surface area contributed by atoms with E-state index in [2.05, 4.69) is 5.32 Å². The normalized spacial score (nSPS) is 12.8. The number of amides is 1. The summed E-state index contributed by atoms with van der Waals surface area (Å²) in [5.74, 6) is -0.741. The minimum absolute atomic E-state index is 0.204. The van der Waals surface area contributed by atoms with Gasteiger partial charge < -0.3 is 19.9 Å². The van der Waals surface area contributed by atoms with Crippen LogP contribution >= 0.6 is 11.3 Å². The Morgan fingerprint density at radius 2 is 2.00 bits per heavy atom. The molecular weight excluding hydrogens is 354 g/mol. The second kappa shape index (κ2) is 8.05. The molecule has 0 saturated heterocycles. The van der Waals surface area contributed by atoms with Crippen molar-refractivity contribution in [2.75, 3.05) is 13.7 Å². The monoisotopic (exact) mass is 379 g/mol. The molecule has 1 aromatic carbocycles. The smallest absolute Gasteiger partial charge is 0.326 e. The summed E-state index contributed by atoms with van der Waals surface area (Å²) in [6, 6.07) is 4.62. The van der Waals surface area contributed by atoms with Crippen molar-refractivity contribution in [1.82, 2.24) is 5.32 Å². The first-order valence-electron chi connectivity index (χ1n) is 8.37. The number of carboxylic acid groups (broad SMARTS) is 1. The van der Waals surface area contributed by atoms with E-state index in [0.717, 1.165) is 15.6 Å². The number of carbonyl (C=O) groups excluding carboxylic acids is 1. The van der Waals surface area contributed by atoms with Crippen molar-refractivity contribution in [3.05, 3.63) is 28.6 Å². The number of ether oxygens (including phenoxy) is 2. The van der Waals surface area contributed by atoms with Crippen LogP contribution in [0.5, 0.6) is 5.75 Å². The maximum Gasteiger partial charge on any atom is 0.326 e. The van der Waals surface area contributed by atoms with Crippen LogP contribution in [0.15, 0.2) is 18.2 Å². The lowest BCUT2D eigenvalue weighted by molar-refractivity contribution is -0.140. The molecule has 6 nitrogen and oxygen atoms in total. The van der Waals surface area contributed by atoms with Crippen molar-refractivity contribution < 1.29 is 24.2 Å². The van der Waals surface area contributed by atoms with Crippen LogP contribution in [-0.4, -0.2) is 42.3 Å². The lowest BCUT2D eigenvalue weighted by atomic mass is 10.1. The highest BCUT2D eigenvalue weighted by atomic mass is 32.1. The van der Waals surface area contributed by atoms with Gasteiger partial charge in [-0.25, -0.2) is 4.79 Å². The molecule has 0 aliphatic heterocycles. The molecule has 0 aliphatic carbocycles. The minimum Gasteiger partial charge on any atom is -0.497 e. The first kappa shape index (κ1) is 20.2. The van der Waals surface area contributed by atoms with Crippen LogP contribution in [0.25, 0.3) is 10.1 Å². The molecule has 1 atom stereocenters. The standard InChI is InChI=1S/C19H25NO5S/c1-11-13-10-12(24-5)6-7-15(13)26-16(11)17(21)20-14(18(22)23)8-9-25-19(2,3)4/h6-7,10,14H,8-9H2,1-5H3,(H,20,21)(H,22,23). The van der Waals surface area contributed by atoms with E-state index in [-0.39, 0.29) is 24.5 Å². The molecule has 142 valence electrons. The zero-order valence-electron chi connectivity index (χ0n) is 15.7. The number of hydrogen-bond donors (Lipinski definition) is 2. The van der Waals surface area contributed by atoms with Gasteiger partial charge in [-0.2, -0.15) is 0 Å². The van der Waals surface area contributed by atoms with Crippen molar-refractivity contribution >= 4 is 33.3 Å². The third-order valence-electron chi connectivity index (χ3n) is 3.89. The van der Waals surface area contributed by atoms with Crippen LogP contribution in [0.1, 0.15) is 42.4 Å². The fourth-order valence-electron chi connectivity index (χ4n) is 2.51. The van der Waals surface area contributed by atoms with Crippen LogP contribution in [0.3, 0.4) is 0 Å². The summed E-state index contributed by atoms with van der Waals surface area (Å²) in [7, 11) is 1.59. The summed E-state index contributed by atoms with van der Waals surface area (Å²) in [5.41, 5.74) is 0.463. The van der Waals surface area contributed by atoms with Gasteiger partial charge in [-0.05, 0) is 56.8 Å². The summed E-state index contributed by atoms with van der Waals surface area (Å²) in [5, 5.41) is 12.9. The number of aliphatic carboxylic acids is 1. The van der Waals surface area contributed by atoms with Gasteiger partial charge in [0.1, 0.15) is 11.8 Å². The predicted octanol–water partition coefficient (Wildman–Crippen LogP) is 3.61. The Morgan fingerprint density at radius 1 is 1.31 bits per heavy atom. The summed E-state index contributed by atoms with van der Waals surface area (Å²) in [6.45, 7) is 7.80. The van der Waals surface area contributed by atoms with E-state index in [1.165, 1.54) is 11.3 Å². The SMILES string of the molecule is COc1ccc2sc(C(=O)NC(CCOC(C)(C)C)C(=O)O)c(C)c2c1. The van der Waals surface area contributed by atoms with Gasteiger partial charge in [-0.1, -0.05) is 0 Å². The summed E-state index contributed by atoms with van der Waals surface area (Å²) < 4.78 is 11.8. The number of carbonyl (C=O) groups is 2. The van der Waals surface area contributed by atoms with Gasteiger partial charge in [-0.15, -0.1) is 11.3 Å². The minimum atomic E-state index is -1.07. The van der Waals surface area contributed by atoms with E-state index in [0.29, 0.717) is 10.6 Å². The number of benzene rings is 1. The van der Waals surface area contributed by atoms with Gasteiger partial charge in [0, 0.05) is 17.7 Å². The largest absolute Gasteiger partial charge is 0.497 e. The topological polar surface area (TPSA) is 84.9 Å². The number of fused-ring (bicyclic) bond motifs is 1. The molecule has 1 amide bonds. The third kappa shape index (κ3) is 4.95. The molecule has 2 N–H and O–H groups in total. The number of aryl methyl sites for hydroxylation is 1. The highest BCUT2D eigenvalue weighted by Crippen LogP contribution is 2.33. The quantitative estimate of drug-likeness (QED) is 0.768. The van der Waals surface area contributed by atoms with Crippen molar-refractivity contribution in [2.45, 2.75) is 45.8 Å². The van der Waals surface area contributed by atoms with Gasteiger partial charge in [0.2, 0.25) is 0 Å². The number of rotatable bonds is 7. The zero-order chi connectivity index (χ0) is 19.5. The average Bonchev–Trinajstić information content (AvgIpc) is 2.89. The molecule has 0 bridgehead atoms. The Morgan fingerprint density at radius 3 is 2.58 bits per heavy atom. The third-order valence-corrected chi connectivity index (χ3v) is 5.17. The van der Waals surface area contributed by atoms with E-state index < -0.39 is 12.0 Å². The van der Waals surface area contributed by atoms with Gasteiger partial charge in [0.05, 0.1) is 17.6 Å². The fraction of sp³-hybridized carbons (Fsp3) is 0.474. The molecule has 0 radical (unpaired) electrons. The average molecular weight is 379 g/mol. The zero-order valence-corrected chi connectivity index (χ0v) is 16.5. The summed E-state index contributed by atoms with van der Waals surface area (Å²) in [4.78, 5) is 24.6.